The van der Waals surface area contributed by atoms with E-state index in [9.17, 15) is 4.79 Å². The van der Waals surface area contributed by atoms with E-state index in [0.29, 0.717) is 13.1 Å². The van der Waals surface area contributed by atoms with E-state index in [1.807, 2.05) is 41.1 Å². The van der Waals surface area contributed by atoms with Gasteiger partial charge in [-0.3, -0.25) is 9.69 Å². The highest BCUT2D eigenvalue weighted by atomic mass is 16.2. The minimum atomic E-state index is 0.0585. The van der Waals surface area contributed by atoms with E-state index in [0.717, 1.165) is 49.9 Å². The summed E-state index contributed by atoms with van der Waals surface area (Å²) in [6, 6.07) is 7.74. The highest BCUT2D eigenvalue weighted by Crippen LogP contribution is 2.09. The van der Waals surface area contributed by atoms with Crippen molar-refractivity contribution in [2.24, 2.45) is 0 Å². The van der Waals surface area contributed by atoms with E-state index in [4.69, 9.17) is 0 Å². The summed E-state index contributed by atoms with van der Waals surface area (Å²) in [5, 5.41) is 3.00. The lowest BCUT2D eigenvalue weighted by Gasteiger charge is -2.34. The van der Waals surface area contributed by atoms with Gasteiger partial charge in [-0.25, -0.2) is 15.0 Å². The molecule has 0 bridgehead atoms. The van der Waals surface area contributed by atoms with Crippen molar-refractivity contribution < 1.29 is 4.79 Å². The number of anilines is 1. The second kappa shape index (κ2) is 8.13. The first-order chi connectivity index (χ1) is 13.3. The number of nitrogens with zero attached hydrogens (tertiary/aromatic N) is 6. The van der Waals surface area contributed by atoms with Crippen LogP contribution >= 0.6 is 0 Å². The largest absolute Gasteiger partial charge is 0.355 e. The molecule has 8 heteroatoms. The Kier molecular flexibility index (Phi) is 5.24. The van der Waals surface area contributed by atoms with Crippen LogP contribution in [0, 0.1) is 0 Å². The van der Waals surface area contributed by atoms with Crippen LogP contribution in [0.1, 0.15) is 5.69 Å². The van der Waals surface area contributed by atoms with Crippen LogP contribution in [-0.4, -0.2) is 69.4 Å². The quantitative estimate of drug-likeness (QED) is 0.689. The van der Waals surface area contributed by atoms with Crippen LogP contribution in [0.25, 0.3) is 5.65 Å². The molecule has 0 unspecified atom stereocenters. The Balaban J connectivity index is 1.19. The molecule has 3 aromatic rings. The molecule has 27 heavy (non-hydrogen) atoms. The van der Waals surface area contributed by atoms with Gasteiger partial charge in [-0.15, -0.1) is 0 Å². The molecular formula is C19H23N7O. The molecule has 1 aliphatic rings. The summed E-state index contributed by atoms with van der Waals surface area (Å²) >= 11 is 0. The molecule has 0 saturated carbocycles. The van der Waals surface area contributed by atoms with Crippen molar-refractivity contribution in [3.63, 3.8) is 0 Å². The number of amides is 1. The van der Waals surface area contributed by atoms with Crippen LogP contribution in [0.3, 0.4) is 0 Å². The molecule has 0 radical (unpaired) electrons. The number of pyridine rings is 1. The van der Waals surface area contributed by atoms with E-state index in [1.54, 1.807) is 12.4 Å². The van der Waals surface area contributed by atoms with Crippen molar-refractivity contribution in [1.82, 2.24) is 29.6 Å². The Morgan fingerprint density at radius 1 is 1.07 bits per heavy atom. The van der Waals surface area contributed by atoms with Crippen LogP contribution in [0.15, 0.2) is 49.1 Å². The molecular weight excluding hydrogens is 342 g/mol. The number of aromatic nitrogens is 4. The SMILES string of the molecule is O=C(CN1CCN(c2ncccn2)CC1)NCCc1cn2ccccc2n1. The van der Waals surface area contributed by atoms with Gasteiger partial charge in [0, 0.05) is 63.9 Å². The molecule has 1 saturated heterocycles. The minimum absolute atomic E-state index is 0.0585. The fourth-order valence-corrected chi connectivity index (χ4v) is 3.26. The lowest BCUT2D eigenvalue weighted by molar-refractivity contribution is -0.122. The molecule has 1 amide bonds. The standard InChI is InChI=1S/C19H23N7O/c27-18(20-8-5-16-14-26-9-2-1-4-17(26)23-16)15-24-10-12-25(13-11-24)19-21-6-3-7-22-19/h1-4,6-7,9,14H,5,8,10-13,15H2,(H,20,27). The predicted molar refractivity (Wildman–Crippen MR) is 103 cm³/mol. The van der Waals surface area contributed by atoms with Crippen LogP contribution in [0.5, 0.6) is 0 Å². The van der Waals surface area contributed by atoms with Crippen molar-refractivity contribution in [2.45, 2.75) is 6.42 Å². The van der Waals surface area contributed by atoms with Gasteiger partial charge >= 0.3 is 0 Å². The molecule has 0 atom stereocenters. The molecule has 1 fully saturated rings. The van der Waals surface area contributed by atoms with Crippen molar-refractivity contribution in [1.29, 1.82) is 0 Å². The second-order valence-electron chi connectivity index (χ2n) is 6.61. The van der Waals surface area contributed by atoms with E-state index >= 15 is 0 Å². The van der Waals surface area contributed by atoms with Gasteiger partial charge in [-0.2, -0.15) is 0 Å². The van der Waals surface area contributed by atoms with Crippen LogP contribution in [0.2, 0.25) is 0 Å². The lowest BCUT2D eigenvalue weighted by Crippen LogP contribution is -2.50. The number of rotatable bonds is 6. The number of fused-ring (bicyclic) bond motifs is 1. The maximum atomic E-state index is 12.2. The maximum Gasteiger partial charge on any atom is 0.234 e. The Labute approximate surface area is 157 Å². The van der Waals surface area contributed by atoms with Crippen LogP contribution in [0.4, 0.5) is 5.95 Å². The minimum Gasteiger partial charge on any atom is -0.355 e. The Morgan fingerprint density at radius 3 is 2.67 bits per heavy atom. The molecule has 140 valence electrons. The van der Waals surface area contributed by atoms with Crippen LogP contribution < -0.4 is 10.2 Å². The van der Waals surface area contributed by atoms with Gasteiger partial charge in [0.05, 0.1) is 12.2 Å². The van der Waals surface area contributed by atoms with Gasteiger partial charge in [0.2, 0.25) is 11.9 Å². The predicted octanol–water partition coefficient (Wildman–Crippen LogP) is 0.605. The average Bonchev–Trinajstić information content (AvgIpc) is 3.12. The van der Waals surface area contributed by atoms with Gasteiger partial charge in [-0.05, 0) is 18.2 Å². The summed E-state index contributed by atoms with van der Waals surface area (Å²) in [5.41, 5.74) is 1.91. The first-order valence-electron chi connectivity index (χ1n) is 9.21. The van der Waals surface area contributed by atoms with Gasteiger partial charge in [0.25, 0.3) is 0 Å². The zero-order valence-corrected chi connectivity index (χ0v) is 15.2. The summed E-state index contributed by atoms with van der Waals surface area (Å²) < 4.78 is 1.99. The highest BCUT2D eigenvalue weighted by Gasteiger charge is 2.20. The van der Waals surface area contributed by atoms with Gasteiger partial charge in [-0.1, -0.05) is 6.07 Å². The monoisotopic (exact) mass is 365 g/mol. The third-order valence-corrected chi connectivity index (χ3v) is 4.69. The summed E-state index contributed by atoms with van der Waals surface area (Å²) in [4.78, 5) is 29.6. The summed E-state index contributed by atoms with van der Waals surface area (Å²) in [6.45, 7) is 4.35. The molecule has 0 aliphatic carbocycles. The number of imidazole rings is 1. The van der Waals surface area contributed by atoms with E-state index < -0.39 is 0 Å². The van der Waals surface area contributed by atoms with Gasteiger partial charge < -0.3 is 14.6 Å². The number of hydrogen-bond acceptors (Lipinski definition) is 6. The maximum absolute atomic E-state index is 12.2. The van der Waals surface area contributed by atoms with Crippen molar-refractivity contribution in [3.8, 4) is 0 Å². The Morgan fingerprint density at radius 2 is 1.89 bits per heavy atom. The lowest BCUT2D eigenvalue weighted by atomic mass is 10.3. The summed E-state index contributed by atoms with van der Waals surface area (Å²) in [5.74, 6) is 0.817. The average molecular weight is 365 g/mol. The van der Waals surface area contributed by atoms with Crippen molar-refractivity contribution in [2.75, 3.05) is 44.2 Å². The third-order valence-electron chi connectivity index (χ3n) is 4.69. The number of carbonyl (C=O) groups is 1. The molecule has 3 aromatic heterocycles. The zero-order chi connectivity index (χ0) is 18.5. The van der Waals surface area contributed by atoms with Gasteiger partial charge in [0.1, 0.15) is 5.65 Å². The molecule has 8 nitrogen and oxygen atoms in total. The smallest absolute Gasteiger partial charge is 0.234 e. The Hall–Kier alpha value is -3.00. The number of carbonyl (C=O) groups excluding carboxylic acids is 1. The fourth-order valence-electron chi connectivity index (χ4n) is 3.26. The van der Waals surface area contributed by atoms with Gasteiger partial charge in [0.15, 0.2) is 0 Å². The molecule has 0 aromatic carbocycles. The second-order valence-corrected chi connectivity index (χ2v) is 6.61. The number of piperazine rings is 1. The summed E-state index contributed by atoms with van der Waals surface area (Å²) in [7, 11) is 0. The van der Waals surface area contributed by atoms with Crippen LogP contribution in [-0.2, 0) is 11.2 Å². The number of hydrogen-bond donors (Lipinski definition) is 1. The number of nitrogens with one attached hydrogen (secondary N) is 1. The van der Waals surface area contributed by atoms with Crippen molar-refractivity contribution >= 4 is 17.5 Å². The zero-order valence-electron chi connectivity index (χ0n) is 15.2. The molecule has 1 aliphatic heterocycles. The molecule has 1 N–H and O–H groups in total. The highest BCUT2D eigenvalue weighted by molar-refractivity contribution is 5.78. The first-order valence-corrected chi connectivity index (χ1v) is 9.21. The molecule has 4 rings (SSSR count). The fraction of sp³-hybridized carbons (Fsp3) is 0.368. The normalized spacial score (nSPS) is 15.2. The van der Waals surface area contributed by atoms with E-state index in [2.05, 4.69) is 30.1 Å². The summed E-state index contributed by atoms with van der Waals surface area (Å²) in [6.07, 6.45) is 8.22. The first kappa shape index (κ1) is 17.4. The van der Waals surface area contributed by atoms with E-state index in [-0.39, 0.29) is 5.91 Å². The Bertz CT molecular complexity index is 854. The molecule has 0 spiro atoms. The third kappa shape index (κ3) is 4.40. The van der Waals surface area contributed by atoms with Crippen molar-refractivity contribution in [3.05, 3.63) is 54.7 Å². The molecule has 4 heterocycles. The van der Waals surface area contributed by atoms with E-state index in [1.165, 1.54) is 0 Å². The topological polar surface area (TPSA) is 78.7 Å².